The van der Waals surface area contributed by atoms with E-state index in [4.69, 9.17) is 9.15 Å². The van der Waals surface area contributed by atoms with E-state index in [0.717, 1.165) is 32.9 Å². The molecule has 0 spiro atoms. The van der Waals surface area contributed by atoms with Gasteiger partial charge in [0.15, 0.2) is 6.23 Å². The first-order valence-corrected chi connectivity index (χ1v) is 10.0. The van der Waals surface area contributed by atoms with E-state index in [1.807, 2.05) is 48.5 Å². The van der Waals surface area contributed by atoms with Gasteiger partial charge in [0.2, 0.25) is 0 Å². The van der Waals surface area contributed by atoms with Crippen molar-refractivity contribution >= 4 is 33.0 Å². The number of rotatable bonds is 3. The number of aromatic nitrogens is 3. The molecule has 3 N–H and O–H groups in total. The van der Waals surface area contributed by atoms with E-state index in [2.05, 4.69) is 9.97 Å². The highest BCUT2D eigenvalue weighted by Gasteiger charge is 2.43. The fourth-order valence-electron chi connectivity index (χ4n) is 4.43. The molecule has 1 aliphatic heterocycles. The van der Waals surface area contributed by atoms with E-state index in [1.54, 1.807) is 10.8 Å². The molecule has 31 heavy (non-hydrogen) atoms. The van der Waals surface area contributed by atoms with Crippen molar-refractivity contribution in [3.05, 3.63) is 61.1 Å². The number of aliphatic hydroxyl groups is 3. The molecule has 6 rings (SSSR count). The molecule has 156 valence electrons. The number of benzene rings is 2. The van der Waals surface area contributed by atoms with Crippen molar-refractivity contribution in [1.82, 2.24) is 14.5 Å². The maximum atomic E-state index is 10.4. The number of nitrogens with zero attached hydrogens (tertiary/aromatic N) is 3. The van der Waals surface area contributed by atoms with Crippen LogP contribution in [0, 0.1) is 0 Å². The number of aliphatic hydroxyl groups excluding tert-OH is 3. The number of furan rings is 1. The molecule has 4 heterocycles. The molecule has 8 nitrogen and oxygen atoms in total. The van der Waals surface area contributed by atoms with Gasteiger partial charge < -0.3 is 29.0 Å². The van der Waals surface area contributed by atoms with Crippen LogP contribution < -0.4 is 0 Å². The van der Waals surface area contributed by atoms with Crippen LogP contribution in [0.1, 0.15) is 6.23 Å². The summed E-state index contributed by atoms with van der Waals surface area (Å²) in [5.74, 6) is 0. The second-order valence-electron chi connectivity index (χ2n) is 7.69. The SMILES string of the molecule is OCC1O[C@@H](n2ccc3c(-c4cccc5c4oc4ccccc45)ncnc32)[C@@H](O)[C@H]1O. The second-order valence-corrected chi connectivity index (χ2v) is 7.69. The Morgan fingerprint density at radius 2 is 1.74 bits per heavy atom. The van der Waals surface area contributed by atoms with Crippen LogP contribution in [0.25, 0.3) is 44.2 Å². The van der Waals surface area contributed by atoms with E-state index in [-0.39, 0.29) is 6.61 Å². The molecule has 1 aliphatic rings. The summed E-state index contributed by atoms with van der Waals surface area (Å²) >= 11 is 0. The molecule has 4 atom stereocenters. The van der Waals surface area contributed by atoms with Crippen LogP contribution in [0.5, 0.6) is 0 Å². The maximum Gasteiger partial charge on any atom is 0.164 e. The number of fused-ring (bicyclic) bond motifs is 4. The molecule has 0 bridgehead atoms. The Morgan fingerprint density at radius 1 is 0.903 bits per heavy atom. The molecule has 0 aliphatic carbocycles. The zero-order chi connectivity index (χ0) is 21.1. The lowest BCUT2D eigenvalue weighted by Crippen LogP contribution is -2.33. The van der Waals surface area contributed by atoms with Gasteiger partial charge >= 0.3 is 0 Å². The van der Waals surface area contributed by atoms with Crippen LogP contribution >= 0.6 is 0 Å². The van der Waals surface area contributed by atoms with Crippen LogP contribution in [-0.4, -0.2) is 54.8 Å². The zero-order valence-electron chi connectivity index (χ0n) is 16.3. The van der Waals surface area contributed by atoms with Gasteiger partial charge in [-0.05, 0) is 18.2 Å². The van der Waals surface area contributed by atoms with Crippen LogP contribution in [0.15, 0.2) is 65.5 Å². The van der Waals surface area contributed by atoms with E-state index in [1.165, 1.54) is 6.33 Å². The highest BCUT2D eigenvalue weighted by molar-refractivity contribution is 6.11. The highest BCUT2D eigenvalue weighted by atomic mass is 16.6. The van der Waals surface area contributed by atoms with Crippen LogP contribution in [0.4, 0.5) is 0 Å². The Kier molecular flexibility index (Phi) is 4.09. The van der Waals surface area contributed by atoms with Crippen LogP contribution in [-0.2, 0) is 4.74 Å². The van der Waals surface area contributed by atoms with Crippen molar-refractivity contribution in [1.29, 1.82) is 0 Å². The lowest BCUT2D eigenvalue weighted by molar-refractivity contribution is -0.0508. The maximum absolute atomic E-state index is 10.4. The summed E-state index contributed by atoms with van der Waals surface area (Å²) < 4.78 is 13.5. The van der Waals surface area contributed by atoms with Crippen molar-refractivity contribution in [3.63, 3.8) is 0 Å². The summed E-state index contributed by atoms with van der Waals surface area (Å²) in [6, 6.07) is 15.7. The summed E-state index contributed by atoms with van der Waals surface area (Å²) in [6.45, 7) is -0.387. The molecule has 1 unspecified atom stereocenters. The van der Waals surface area contributed by atoms with Gasteiger partial charge in [-0.2, -0.15) is 0 Å². The Hall–Kier alpha value is -3.30. The van der Waals surface area contributed by atoms with Crippen molar-refractivity contribution in [3.8, 4) is 11.3 Å². The smallest absolute Gasteiger partial charge is 0.164 e. The van der Waals surface area contributed by atoms with Crippen molar-refractivity contribution in [2.45, 2.75) is 24.5 Å². The molecule has 0 radical (unpaired) electrons. The van der Waals surface area contributed by atoms with Gasteiger partial charge in [-0.15, -0.1) is 0 Å². The number of hydrogen-bond acceptors (Lipinski definition) is 7. The topological polar surface area (TPSA) is 114 Å². The average Bonchev–Trinajstić information content (AvgIpc) is 3.47. The van der Waals surface area contributed by atoms with Gasteiger partial charge in [-0.1, -0.05) is 30.3 Å². The van der Waals surface area contributed by atoms with Gasteiger partial charge in [-0.3, -0.25) is 0 Å². The number of hydrogen-bond donors (Lipinski definition) is 3. The first-order chi connectivity index (χ1) is 15.2. The van der Waals surface area contributed by atoms with Gasteiger partial charge in [0.05, 0.1) is 12.3 Å². The minimum atomic E-state index is -1.19. The minimum Gasteiger partial charge on any atom is -0.455 e. The van der Waals surface area contributed by atoms with E-state index < -0.39 is 24.5 Å². The molecule has 5 aromatic rings. The van der Waals surface area contributed by atoms with Gasteiger partial charge in [-0.25, -0.2) is 9.97 Å². The van der Waals surface area contributed by atoms with Crippen molar-refractivity contribution in [2.24, 2.45) is 0 Å². The second kappa shape index (κ2) is 6.86. The fourth-order valence-corrected chi connectivity index (χ4v) is 4.43. The van der Waals surface area contributed by atoms with E-state index in [0.29, 0.717) is 11.3 Å². The van der Waals surface area contributed by atoms with Crippen molar-refractivity contribution < 1.29 is 24.5 Å². The molecule has 1 saturated heterocycles. The van der Waals surface area contributed by atoms with Gasteiger partial charge in [0, 0.05) is 27.9 Å². The summed E-state index contributed by atoms with van der Waals surface area (Å²) in [4.78, 5) is 8.92. The monoisotopic (exact) mass is 417 g/mol. The Morgan fingerprint density at radius 3 is 2.58 bits per heavy atom. The molecule has 1 fully saturated rings. The summed E-state index contributed by atoms with van der Waals surface area (Å²) in [5, 5.41) is 32.7. The first-order valence-electron chi connectivity index (χ1n) is 10.0. The molecular formula is C23H19N3O5. The zero-order valence-corrected chi connectivity index (χ0v) is 16.3. The highest BCUT2D eigenvalue weighted by Crippen LogP contribution is 2.38. The third-order valence-corrected chi connectivity index (χ3v) is 5.96. The lowest BCUT2D eigenvalue weighted by atomic mass is 10.0. The van der Waals surface area contributed by atoms with E-state index in [9.17, 15) is 15.3 Å². The third-order valence-electron chi connectivity index (χ3n) is 5.96. The van der Waals surface area contributed by atoms with Crippen LogP contribution in [0.3, 0.4) is 0 Å². The first kappa shape index (κ1) is 18.5. The number of ether oxygens (including phenoxy) is 1. The molecule has 0 saturated carbocycles. The normalized spacial score (nSPS) is 24.0. The molecule has 3 aromatic heterocycles. The fraction of sp³-hybridized carbons (Fsp3) is 0.217. The molecule has 8 heteroatoms. The Balaban J connectivity index is 1.53. The van der Waals surface area contributed by atoms with Gasteiger partial charge in [0.25, 0.3) is 0 Å². The van der Waals surface area contributed by atoms with E-state index >= 15 is 0 Å². The predicted octanol–water partition coefficient (Wildman–Crippen LogP) is 2.61. The molecule has 2 aromatic carbocycles. The molecule has 0 amide bonds. The summed E-state index contributed by atoms with van der Waals surface area (Å²) in [6.07, 6.45) is -0.903. The predicted molar refractivity (Wildman–Crippen MR) is 113 cm³/mol. The largest absolute Gasteiger partial charge is 0.455 e. The van der Waals surface area contributed by atoms with Crippen molar-refractivity contribution in [2.75, 3.05) is 6.61 Å². The Bertz CT molecular complexity index is 1430. The third kappa shape index (κ3) is 2.63. The van der Waals surface area contributed by atoms with Gasteiger partial charge in [0.1, 0.15) is 41.5 Å². The lowest BCUT2D eigenvalue weighted by Gasteiger charge is -2.17. The minimum absolute atomic E-state index is 0.387. The summed E-state index contributed by atoms with van der Waals surface area (Å²) in [5.41, 5.74) is 3.62. The Labute approximate surface area is 176 Å². The number of para-hydroxylation sites is 2. The molecular weight excluding hydrogens is 398 g/mol. The summed E-state index contributed by atoms with van der Waals surface area (Å²) in [7, 11) is 0. The van der Waals surface area contributed by atoms with Crippen LogP contribution in [0.2, 0.25) is 0 Å². The average molecular weight is 417 g/mol. The standard InChI is InChI=1S/C23H19N3O5/c27-10-17-19(28)20(29)23(31-17)26-9-8-15-18(24-11-25-22(15)26)14-6-3-5-13-12-4-1-2-7-16(12)30-21(13)14/h1-9,11,17,19-20,23,27-29H,10H2/t17?,19-,20-,23+/m0/s1. The quantitative estimate of drug-likeness (QED) is 0.413.